The third-order valence-corrected chi connectivity index (χ3v) is 1.92. The largest absolute Gasteiger partial charge is 0.481 e. The van der Waals surface area contributed by atoms with Gasteiger partial charge in [-0.15, -0.1) is 12.4 Å². The van der Waals surface area contributed by atoms with E-state index in [1.165, 1.54) is 0 Å². The highest BCUT2D eigenvalue weighted by atomic mass is 35.5. The highest BCUT2D eigenvalue weighted by Gasteiger charge is 2.17. The topological polar surface area (TPSA) is 49.3 Å². The molecule has 1 saturated heterocycles. The van der Waals surface area contributed by atoms with Crippen LogP contribution in [-0.2, 0) is 4.79 Å². The fourth-order valence-corrected chi connectivity index (χ4v) is 1.27. The number of hydrogen-bond donors (Lipinski definition) is 2. The summed E-state index contributed by atoms with van der Waals surface area (Å²) in [5, 5.41) is 11.8. The molecule has 0 unspecified atom stereocenters. The van der Waals surface area contributed by atoms with Crippen LogP contribution in [-0.4, -0.2) is 24.2 Å². The van der Waals surface area contributed by atoms with Gasteiger partial charge in [-0.05, 0) is 32.4 Å². The molecular weight excluding hydrogens is 166 g/mol. The van der Waals surface area contributed by atoms with Crippen molar-refractivity contribution in [3.63, 3.8) is 0 Å². The van der Waals surface area contributed by atoms with Crippen LogP contribution in [0.4, 0.5) is 0 Å². The maximum absolute atomic E-state index is 10.5. The van der Waals surface area contributed by atoms with E-state index in [0.717, 1.165) is 32.4 Å². The molecule has 0 amide bonds. The lowest BCUT2D eigenvalue weighted by molar-refractivity contribution is -0.142. The van der Waals surface area contributed by atoms with Gasteiger partial charge in [0.1, 0.15) is 0 Å². The number of aliphatic carboxylic acids is 1. The second kappa shape index (κ2) is 5.38. The number of carboxylic acid groups (broad SMARTS) is 1. The average Bonchev–Trinajstić information content (AvgIpc) is 2.12. The molecular formula is C7H14ClNO2. The van der Waals surface area contributed by atoms with Crippen molar-refractivity contribution in [3.8, 4) is 0 Å². The number of hydrogen-bond acceptors (Lipinski definition) is 2. The molecule has 4 heteroatoms. The third-order valence-electron chi connectivity index (χ3n) is 1.92. The van der Waals surface area contributed by atoms with Crippen molar-refractivity contribution in [3.05, 3.63) is 0 Å². The van der Waals surface area contributed by atoms with Crippen LogP contribution >= 0.6 is 12.4 Å². The van der Waals surface area contributed by atoms with E-state index in [2.05, 4.69) is 5.32 Å². The number of carbonyl (C=O) groups is 1. The molecule has 0 spiro atoms. The Labute approximate surface area is 72.6 Å². The van der Waals surface area contributed by atoms with E-state index in [-0.39, 0.29) is 18.3 Å². The number of nitrogens with one attached hydrogen (secondary N) is 1. The maximum Gasteiger partial charge on any atom is 0.306 e. The van der Waals surface area contributed by atoms with E-state index in [1.807, 2.05) is 0 Å². The van der Waals surface area contributed by atoms with Gasteiger partial charge < -0.3 is 10.4 Å². The molecule has 1 atom stereocenters. The average molecular weight is 180 g/mol. The molecule has 11 heavy (non-hydrogen) atoms. The Hall–Kier alpha value is -0.280. The minimum absolute atomic E-state index is 0. The molecule has 2 N–H and O–H groups in total. The summed E-state index contributed by atoms with van der Waals surface area (Å²) in [6.45, 7) is 1.83. The van der Waals surface area contributed by atoms with Crippen LogP contribution in [0.3, 0.4) is 0 Å². The van der Waals surface area contributed by atoms with Gasteiger partial charge in [0.25, 0.3) is 0 Å². The van der Waals surface area contributed by atoms with Crippen molar-refractivity contribution in [2.75, 3.05) is 13.1 Å². The van der Waals surface area contributed by atoms with E-state index in [0.29, 0.717) is 0 Å². The fraction of sp³-hybridized carbons (Fsp3) is 0.857. The fourth-order valence-electron chi connectivity index (χ4n) is 1.27. The zero-order chi connectivity index (χ0) is 7.40. The van der Waals surface area contributed by atoms with E-state index < -0.39 is 5.97 Å². The zero-order valence-electron chi connectivity index (χ0n) is 6.38. The summed E-state index contributed by atoms with van der Waals surface area (Å²) in [5.74, 6) is -0.737. The Morgan fingerprint density at radius 1 is 1.36 bits per heavy atom. The SMILES string of the molecule is Cl.O=C(O)[C@@H]1CCCNCC1. The maximum atomic E-state index is 10.5. The molecule has 1 rings (SSSR count). The molecule has 1 aliphatic heterocycles. The molecule has 66 valence electrons. The van der Waals surface area contributed by atoms with Crippen molar-refractivity contribution in [2.24, 2.45) is 5.92 Å². The minimum Gasteiger partial charge on any atom is -0.481 e. The molecule has 0 saturated carbocycles. The van der Waals surface area contributed by atoms with Crippen molar-refractivity contribution >= 4 is 18.4 Å². The predicted octanol–water partition coefficient (Wildman–Crippen LogP) is 0.882. The van der Waals surface area contributed by atoms with Gasteiger partial charge in [-0.3, -0.25) is 4.79 Å². The standard InChI is InChI=1S/C7H13NO2.ClH/c9-7(10)6-2-1-4-8-5-3-6;/h6,8H,1-5H2,(H,9,10);1H/t6-;/m1./s1. The van der Waals surface area contributed by atoms with Crippen LogP contribution in [0.1, 0.15) is 19.3 Å². The summed E-state index contributed by atoms with van der Waals surface area (Å²) in [7, 11) is 0. The van der Waals surface area contributed by atoms with Crippen LogP contribution in [0.15, 0.2) is 0 Å². The van der Waals surface area contributed by atoms with Crippen LogP contribution in [0.2, 0.25) is 0 Å². The van der Waals surface area contributed by atoms with Gasteiger partial charge in [-0.25, -0.2) is 0 Å². The summed E-state index contributed by atoms with van der Waals surface area (Å²) in [6.07, 6.45) is 2.62. The Balaban J connectivity index is 0.000001000. The van der Waals surface area contributed by atoms with Crippen molar-refractivity contribution in [1.29, 1.82) is 0 Å². The molecule has 0 aliphatic carbocycles. The van der Waals surface area contributed by atoms with Crippen molar-refractivity contribution in [2.45, 2.75) is 19.3 Å². The third kappa shape index (κ3) is 3.58. The van der Waals surface area contributed by atoms with Gasteiger partial charge in [-0.1, -0.05) is 0 Å². The van der Waals surface area contributed by atoms with Crippen LogP contribution in [0.5, 0.6) is 0 Å². The quantitative estimate of drug-likeness (QED) is 0.629. The number of rotatable bonds is 1. The van der Waals surface area contributed by atoms with E-state index >= 15 is 0 Å². The first-order valence-corrected chi connectivity index (χ1v) is 3.74. The van der Waals surface area contributed by atoms with Crippen molar-refractivity contribution < 1.29 is 9.90 Å². The van der Waals surface area contributed by atoms with E-state index in [4.69, 9.17) is 5.11 Å². The van der Waals surface area contributed by atoms with E-state index in [1.54, 1.807) is 0 Å². The number of carboxylic acids is 1. The van der Waals surface area contributed by atoms with E-state index in [9.17, 15) is 4.79 Å². The second-order valence-corrected chi connectivity index (χ2v) is 2.72. The van der Waals surface area contributed by atoms with Gasteiger partial charge in [0.05, 0.1) is 5.92 Å². The molecule has 0 aromatic rings. The highest BCUT2D eigenvalue weighted by molar-refractivity contribution is 5.85. The molecule has 0 aromatic carbocycles. The van der Waals surface area contributed by atoms with Crippen molar-refractivity contribution in [1.82, 2.24) is 5.32 Å². The molecule has 0 bridgehead atoms. The van der Waals surface area contributed by atoms with Crippen LogP contribution in [0, 0.1) is 5.92 Å². The first-order valence-electron chi connectivity index (χ1n) is 3.74. The lowest BCUT2D eigenvalue weighted by Crippen LogP contribution is -2.17. The smallest absolute Gasteiger partial charge is 0.306 e. The Kier molecular flexibility index (Phi) is 5.24. The van der Waals surface area contributed by atoms with Gasteiger partial charge in [0.15, 0.2) is 0 Å². The zero-order valence-corrected chi connectivity index (χ0v) is 7.19. The molecule has 0 aromatic heterocycles. The van der Waals surface area contributed by atoms with Gasteiger partial charge in [-0.2, -0.15) is 0 Å². The summed E-state index contributed by atoms with van der Waals surface area (Å²) in [5.41, 5.74) is 0. The minimum atomic E-state index is -0.635. The normalized spacial score (nSPS) is 24.9. The lowest BCUT2D eigenvalue weighted by atomic mass is 10.0. The lowest BCUT2D eigenvalue weighted by Gasteiger charge is -2.05. The first kappa shape index (κ1) is 10.7. The Morgan fingerprint density at radius 3 is 2.73 bits per heavy atom. The molecule has 1 fully saturated rings. The van der Waals surface area contributed by atoms with Gasteiger partial charge in [0, 0.05) is 0 Å². The van der Waals surface area contributed by atoms with Gasteiger partial charge >= 0.3 is 5.97 Å². The summed E-state index contributed by atoms with van der Waals surface area (Å²) >= 11 is 0. The molecule has 0 radical (unpaired) electrons. The summed E-state index contributed by atoms with van der Waals surface area (Å²) in [4.78, 5) is 10.5. The van der Waals surface area contributed by atoms with Crippen LogP contribution < -0.4 is 5.32 Å². The first-order chi connectivity index (χ1) is 4.80. The summed E-state index contributed by atoms with van der Waals surface area (Å²) < 4.78 is 0. The Bertz CT molecular complexity index is 122. The molecule has 1 heterocycles. The highest BCUT2D eigenvalue weighted by Crippen LogP contribution is 2.12. The second-order valence-electron chi connectivity index (χ2n) is 2.72. The monoisotopic (exact) mass is 179 g/mol. The summed E-state index contributed by atoms with van der Waals surface area (Å²) in [6, 6.07) is 0. The van der Waals surface area contributed by atoms with Crippen LogP contribution in [0.25, 0.3) is 0 Å². The predicted molar refractivity (Wildman–Crippen MR) is 45.1 cm³/mol. The Morgan fingerprint density at radius 2 is 2.09 bits per heavy atom. The van der Waals surface area contributed by atoms with Gasteiger partial charge in [0.2, 0.25) is 0 Å². The molecule has 1 aliphatic rings. The molecule has 3 nitrogen and oxygen atoms in total. The number of halogens is 1.